The fourth-order valence-electron chi connectivity index (χ4n) is 4.39. The van der Waals surface area contributed by atoms with Crippen LogP contribution >= 0.6 is 11.6 Å². The van der Waals surface area contributed by atoms with Crippen LogP contribution in [0.5, 0.6) is 0 Å². The molecule has 1 saturated heterocycles. The molecular weight excluding hydrogens is 356 g/mol. The van der Waals surface area contributed by atoms with Crippen molar-refractivity contribution in [1.29, 1.82) is 0 Å². The van der Waals surface area contributed by atoms with E-state index in [0.29, 0.717) is 0 Å². The number of carbonyl (C=O) groups excluding carboxylic acids is 1. The Balaban J connectivity index is 1.30. The maximum atomic E-state index is 12.8. The molecule has 27 heavy (non-hydrogen) atoms. The topological polar surface area (TPSA) is 32.3 Å². The molecule has 0 bridgehead atoms. The van der Waals surface area contributed by atoms with Gasteiger partial charge in [-0.05, 0) is 74.0 Å². The maximum Gasteiger partial charge on any atom is 0.223 e. The van der Waals surface area contributed by atoms with E-state index in [-0.39, 0.29) is 17.9 Å². The lowest BCUT2D eigenvalue weighted by molar-refractivity contribution is -0.127. The lowest BCUT2D eigenvalue weighted by Crippen LogP contribution is -2.41. The summed E-state index contributed by atoms with van der Waals surface area (Å²) in [6.45, 7) is 2.88. The van der Waals surface area contributed by atoms with Crippen LogP contribution in [0, 0.1) is 5.92 Å². The Morgan fingerprint density at radius 3 is 2.56 bits per heavy atom. The summed E-state index contributed by atoms with van der Waals surface area (Å²) >= 11 is 5.96. The number of rotatable bonds is 4. The third kappa shape index (κ3) is 4.53. The van der Waals surface area contributed by atoms with Crippen molar-refractivity contribution in [2.75, 3.05) is 13.1 Å². The summed E-state index contributed by atoms with van der Waals surface area (Å²) in [5.74, 6) is 0.378. The Hall–Kier alpha value is -1.84. The first-order chi connectivity index (χ1) is 13.2. The first kappa shape index (κ1) is 18.5. The van der Waals surface area contributed by atoms with E-state index in [0.717, 1.165) is 56.8 Å². The van der Waals surface area contributed by atoms with Crippen molar-refractivity contribution >= 4 is 17.5 Å². The zero-order chi connectivity index (χ0) is 18.6. The van der Waals surface area contributed by atoms with Gasteiger partial charge in [0.2, 0.25) is 5.91 Å². The number of aryl methyl sites for hydroxylation is 1. The van der Waals surface area contributed by atoms with Gasteiger partial charge in [-0.15, -0.1) is 0 Å². The van der Waals surface area contributed by atoms with E-state index in [1.807, 2.05) is 12.1 Å². The summed E-state index contributed by atoms with van der Waals surface area (Å²) in [4.78, 5) is 15.3. The van der Waals surface area contributed by atoms with Gasteiger partial charge in [-0.25, -0.2) is 0 Å². The Labute approximate surface area is 166 Å². The van der Waals surface area contributed by atoms with E-state index in [1.54, 1.807) is 0 Å². The number of likely N-dealkylation sites (tertiary alicyclic amines) is 1. The minimum atomic E-state index is 0.139. The minimum absolute atomic E-state index is 0.139. The van der Waals surface area contributed by atoms with E-state index in [1.165, 1.54) is 16.7 Å². The molecular formula is C23H27ClN2O. The van der Waals surface area contributed by atoms with Crippen molar-refractivity contribution in [2.45, 2.75) is 44.7 Å². The van der Waals surface area contributed by atoms with Crippen LogP contribution in [0.1, 0.15) is 48.4 Å². The molecule has 1 aliphatic carbocycles. The molecule has 1 heterocycles. The van der Waals surface area contributed by atoms with Crippen molar-refractivity contribution in [2.24, 2.45) is 5.92 Å². The van der Waals surface area contributed by atoms with Gasteiger partial charge in [-0.3, -0.25) is 9.69 Å². The summed E-state index contributed by atoms with van der Waals surface area (Å²) in [7, 11) is 0. The van der Waals surface area contributed by atoms with E-state index in [2.05, 4.69) is 46.6 Å². The SMILES string of the molecule is O=C(N[C@H]1CCCc2ccccc21)C1CCN(Cc2ccc(Cl)cc2)CC1. The van der Waals surface area contributed by atoms with Crippen LogP contribution in [0.15, 0.2) is 48.5 Å². The van der Waals surface area contributed by atoms with Crippen molar-refractivity contribution in [3.8, 4) is 0 Å². The van der Waals surface area contributed by atoms with Crippen molar-refractivity contribution in [1.82, 2.24) is 10.2 Å². The molecule has 2 aromatic carbocycles. The highest BCUT2D eigenvalue weighted by Crippen LogP contribution is 2.30. The number of hydrogen-bond donors (Lipinski definition) is 1. The average molecular weight is 383 g/mol. The molecule has 4 rings (SSSR count). The lowest BCUT2D eigenvalue weighted by Gasteiger charge is -2.33. The Morgan fingerprint density at radius 2 is 1.78 bits per heavy atom. The highest BCUT2D eigenvalue weighted by atomic mass is 35.5. The Kier molecular flexibility index (Phi) is 5.80. The normalized spacial score (nSPS) is 20.9. The van der Waals surface area contributed by atoms with Gasteiger partial charge in [-0.2, -0.15) is 0 Å². The summed E-state index contributed by atoms with van der Waals surface area (Å²) < 4.78 is 0. The fourth-order valence-corrected chi connectivity index (χ4v) is 4.52. The molecule has 2 aromatic rings. The number of halogens is 1. The van der Waals surface area contributed by atoms with Crippen LogP contribution in [-0.2, 0) is 17.8 Å². The highest BCUT2D eigenvalue weighted by molar-refractivity contribution is 6.30. The summed E-state index contributed by atoms with van der Waals surface area (Å²) in [6.07, 6.45) is 5.22. The zero-order valence-corrected chi connectivity index (χ0v) is 16.4. The van der Waals surface area contributed by atoms with Crippen LogP contribution in [0.3, 0.4) is 0 Å². The number of carbonyl (C=O) groups is 1. The third-order valence-electron chi connectivity index (χ3n) is 5.96. The molecule has 0 unspecified atom stereocenters. The summed E-state index contributed by atoms with van der Waals surface area (Å²) in [5.41, 5.74) is 3.99. The first-order valence-corrected chi connectivity index (χ1v) is 10.4. The first-order valence-electron chi connectivity index (χ1n) is 10.0. The Bertz CT molecular complexity index is 781. The molecule has 2 aliphatic rings. The van der Waals surface area contributed by atoms with Gasteiger partial charge < -0.3 is 5.32 Å². The number of fused-ring (bicyclic) bond motifs is 1. The molecule has 1 atom stereocenters. The van der Waals surface area contributed by atoms with Gasteiger partial charge in [0.05, 0.1) is 6.04 Å². The molecule has 142 valence electrons. The van der Waals surface area contributed by atoms with Crippen LogP contribution in [-0.4, -0.2) is 23.9 Å². The molecule has 1 amide bonds. The van der Waals surface area contributed by atoms with E-state index < -0.39 is 0 Å². The lowest BCUT2D eigenvalue weighted by atomic mass is 9.87. The van der Waals surface area contributed by atoms with Crippen molar-refractivity contribution < 1.29 is 4.79 Å². The number of nitrogens with zero attached hydrogens (tertiary/aromatic N) is 1. The maximum absolute atomic E-state index is 12.8. The molecule has 0 radical (unpaired) electrons. The van der Waals surface area contributed by atoms with Gasteiger partial charge in [0.25, 0.3) is 0 Å². The number of nitrogens with one attached hydrogen (secondary N) is 1. The number of benzene rings is 2. The number of piperidine rings is 1. The second-order valence-electron chi connectivity index (χ2n) is 7.83. The molecule has 4 heteroatoms. The molecule has 3 nitrogen and oxygen atoms in total. The molecule has 1 aliphatic heterocycles. The molecule has 0 aromatic heterocycles. The van der Waals surface area contributed by atoms with Crippen molar-refractivity contribution in [3.63, 3.8) is 0 Å². The highest BCUT2D eigenvalue weighted by Gasteiger charge is 2.28. The van der Waals surface area contributed by atoms with Crippen LogP contribution in [0.25, 0.3) is 0 Å². The standard InChI is InChI=1S/C23H27ClN2O/c24-20-10-8-17(9-11-20)16-26-14-12-19(13-15-26)23(27)25-22-7-3-5-18-4-1-2-6-21(18)22/h1-2,4,6,8-11,19,22H,3,5,7,12-16H2,(H,25,27)/t22-/m0/s1. The molecule has 1 N–H and O–H groups in total. The number of hydrogen-bond acceptors (Lipinski definition) is 2. The van der Waals surface area contributed by atoms with Gasteiger partial charge in [-0.1, -0.05) is 48.0 Å². The second-order valence-corrected chi connectivity index (χ2v) is 8.27. The largest absolute Gasteiger partial charge is 0.349 e. The van der Waals surface area contributed by atoms with E-state index in [4.69, 9.17) is 11.6 Å². The zero-order valence-electron chi connectivity index (χ0n) is 15.7. The quantitative estimate of drug-likeness (QED) is 0.827. The predicted molar refractivity (Wildman–Crippen MR) is 110 cm³/mol. The molecule has 1 fully saturated rings. The third-order valence-corrected chi connectivity index (χ3v) is 6.22. The summed E-state index contributed by atoms with van der Waals surface area (Å²) in [5, 5.41) is 4.12. The summed E-state index contributed by atoms with van der Waals surface area (Å²) in [6, 6.07) is 16.8. The van der Waals surface area contributed by atoms with Crippen LogP contribution in [0.4, 0.5) is 0 Å². The van der Waals surface area contributed by atoms with Gasteiger partial charge in [0.15, 0.2) is 0 Å². The second kappa shape index (κ2) is 8.45. The molecule has 0 spiro atoms. The van der Waals surface area contributed by atoms with Gasteiger partial charge in [0, 0.05) is 17.5 Å². The molecule has 0 saturated carbocycles. The van der Waals surface area contributed by atoms with Crippen molar-refractivity contribution in [3.05, 3.63) is 70.2 Å². The monoisotopic (exact) mass is 382 g/mol. The smallest absolute Gasteiger partial charge is 0.223 e. The average Bonchev–Trinajstić information content (AvgIpc) is 2.70. The van der Waals surface area contributed by atoms with E-state index >= 15 is 0 Å². The number of amides is 1. The van der Waals surface area contributed by atoms with Crippen LogP contribution < -0.4 is 5.32 Å². The van der Waals surface area contributed by atoms with Gasteiger partial charge in [0.1, 0.15) is 0 Å². The Morgan fingerprint density at radius 1 is 1.04 bits per heavy atom. The minimum Gasteiger partial charge on any atom is -0.349 e. The fraction of sp³-hybridized carbons (Fsp3) is 0.435. The van der Waals surface area contributed by atoms with Gasteiger partial charge >= 0.3 is 0 Å². The van der Waals surface area contributed by atoms with E-state index in [9.17, 15) is 4.79 Å². The predicted octanol–water partition coefficient (Wildman–Crippen LogP) is 4.75. The van der Waals surface area contributed by atoms with Crippen LogP contribution in [0.2, 0.25) is 5.02 Å².